The van der Waals surface area contributed by atoms with Crippen LogP contribution >= 0.6 is 0 Å². The van der Waals surface area contributed by atoms with Crippen molar-refractivity contribution in [2.75, 3.05) is 0 Å². The number of Topliss-reactive ketones (excluding diaryl/α,β-unsaturated/α-hetero) is 1. The van der Waals surface area contributed by atoms with Gasteiger partial charge in [0.1, 0.15) is 11.7 Å². The predicted octanol–water partition coefficient (Wildman–Crippen LogP) is 4.24. The molecule has 0 aromatic heterocycles. The van der Waals surface area contributed by atoms with E-state index in [1.54, 1.807) is 0 Å². The lowest BCUT2D eigenvalue weighted by molar-refractivity contribution is -0.195. The number of nitrogens with zero attached hydrogens (tertiary/aromatic N) is 1. The summed E-state index contributed by atoms with van der Waals surface area (Å²) in [6.45, 7) is 2.84. The molecule has 162 valence electrons. The number of carbonyl (C=O) groups is 3. The van der Waals surface area contributed by atoms with Crippen molar-refractivity contribution in [2.45, 2.75) is 63.6 Å². The molecule has 0 unspecified atom stereocenters. The van der Waals surface area contributed by atoms with E-state index in [0.717, 1.165) is 43.2 Å². The van der Waals surface area contributed by atoms with E-state index in [2.05, 4.69) is 0 Å². The van der Waals surface area contributed by atoms with Crippen LogP contribution in [-0.2, 0) is 24.7 Å². The third-order valence-corrected chi connectivity index (χ3v) is 6.67. The van der Waals surface area contributed by atoms with Gasteiger partial charge >= 0.3 is 5.97 Å². The van der Waals surface area contributed by atoms with Gasteiger partial charge in [-0.1, -0.05) is 79.9 Å². The van der Waals surface area contributed by atoms with Crippen LogP contribution in [0.15, 0.2) is 60.7 Å². The molecule has 1 aliphatic carbocycles. The van der Waals surface area contributed by atoms with Crippen LogP contribution in [0.2, 0.25) is 0 Å². The second-order valence-corrected chi connectivity index (χ2v) is 8.63. The number of carbonyl (C=O) groups excluding carboxylic acids is 3. The quantitative estimate of drug-likeness (QED) is 0.399. The van der Waals surface area contributed by atoms with Crippen LogP contribution in [0.3, 0.4) is 0 Å². The monoisotopic (exact) mass is 419 g/mol. The smallest absolute Gasteiger partial charge is 0.303 e. The number of benzene rings is 2. The SMILES string of the molecule is CC(=O)OC(c1ccccc1)(c1ccccc1)[C@@H]1[C@@H](C(C)=O)C(=O)N1C1CCCCC1. The molecule has 1 saturated heterocycles. The van der Waals surface area contributed by atoms with Crippen LogP contribution in [0.25, 0.3) is 0 Å². The van der Waals surface area contributed by atoms with Gasteiger partial charge in [0, 0.05) is 24.1 Å². The highest BCUT2D eigenvalue weighted by Crippen LogP contribution is 2.49. The Morgan fingerprint density at radius 2 is 1.39 bits per heavy atom. The Morgan fingerprint density at radius 1 is 0.871 bits per heavy atom. The summed E-state index contributed by atoms with van der Waals surface area (Å²) >= 11 is 0. The van der Waals surface area contributed by atoms with Gasteiger partial charge in [0.25, 0.3) is 0 Å². The highest BCUT2D eigenvalue weighted by molar-refractivity contribution is 6.06. The molecule has 1 amide bonds. The van der Waals surface area contributed by atoms with E-state index in [1.165, 1.54) is 13.8 Å². The van der Waals surface area contributed by atoms with E-state index >= 15 is 0 Å². The zero-order valence-corrected chi connectivity index (χ0v) is 18.1. The number of hydrogen-bond donors (Lipinski definition) is 0. The van der Waals surface area contributed by atoms with Gasteiger partial charge < -0.3 is 9.64 Å². The fourth-order valence-corrected chi connectivity index (χ4v) is 5.39. The van der Waals surface area contributed by atoms with Crippen LogP contribution in [0.1, 0.15) is 57.1 Å². The zero-order chi connectivity index (χ0) is 22.0. The maximum atomic E-state index is 13.3. The fourth-order valence-electron chi connectivity index (χ4n) is 5.39. The van der Waals surface area contributed by atoms with E-state index in [0.29, 0.717) is 0 Å². The molecule has 1 saturated carbocycles. The van der Waals surface area contributed by atoms with Crippen LogP contribution in [0, 0.1) is 5.92 Å². The minimum atomic E-state index is -1.25. The minimum absolute atomic E-state index is 0.0595. The van der Waals surface area contributed by atoms with Crippen molar-refractivity contribution in [3.05, 3.63) is 71.8 Å². The third-order valence-electron chi connectivity index (χ3n) is 6.67. The number of ether oxygens (including phenoxy) is 1. The average molecular weight is 420 g/mol. The first kappa shape index (κ1) is 21.3. The molecule has 2 aromatic rings. The van der Waals surface area contributed by atoms with Crippen LogP contribution in [0.5, 0.6) is 0 Å². The Morgan fingerprint density at radius 3 is 1.84 bits per heavy atom. The first-order chi connectivity index (χ1) is 15.0. The minimum Gasteiger partial charge on any atom is -0.447 e. The van der Waals surface area contributed by atoms with Gasteiger partial charge in [-0.25, -0.2) is 0 Å². The molecule has 0 N–H and O–H groups in total. The molecule has 2 fully saturated rings. The number of esters is 1. The third kappa shape index (κ3) is 3.67. The van der Waals surface area contributed by atoms with Gasteiger partial charge in [-0.3, -0.25) is 14.4 Å². The summed E-state index contributed by atoms with van der Waals surface area (Å²) in [6.07, 6.45) is 5.09. The second-order valence-electron chi connectivity index (χ2n) is 8.63. The van der Waals surface area contributed by atoms with Crippen molar-refractivity contribution in [3.8, 4) is 0 Å². The van der Waals surface area contributed by atoms with Crippen molar-refractivity contribution < 1.29 is 19.1 Å². The van der Waals surface area contributed by atoms with Crippen LogP contribution < -0.4 is 0 Å². The first-order valence-corrected chi connectivity index (χ1v) is 11.1. The summed E-state index contributed by atoms with van der Waals surface area (Å²) in [5, 5.41) is 0. The number of ketones is 1. The Labute approximate surface area is 183 Å². The first-order valence-electron chi connectivity index (χ1n) is 11.1. The molecule has 5 nitrogen and oxygen atoms in total. The Balaban J connectivity index is 1.94. The summed E-state index contributed by atoms with van der Waals surface area (Å²) in [5.41, 5.74) is 0.276. The lowest BCUT2D eigenvalue weighted by Crippen LogP contribution is -2.74. The molecular weight excluding hydrogens is 390 g/mol. The average Bonchev–Trinajstić information content (AvgIpc) is 2.77. The van der Waals surface area contributed by atoms with E-state index in [9.17, 15) is 14.4 Å². The van der Waals surface area contributed by atoms with Crippen molar-refractivity contribution in [1.82, 2.24) is 4.90 Å². The Kier molecular flexibility index (Phi) is 5.94. The lowest BCUT2D eigenvalue weighted by atomic mass is 9.66. The number of rotatable bonds is 6. The zero-order valence-electron chi connectivity index (χ0n) is 18.1. The maximum Gasteiger partial charge on any atom is 0.303 e. The maximum absolute atomic E-state index is 13.3. The Bertz CT molecular complexity index is 910. The van der Waals surface area contributed by atoms with Crippen molar-refractivity contribution in [2.24, 2.45) is 5.92 Å². The topological polar surface area (TPSA) is 63.7 Å². The number of β-lactam (4-membered cyclic amide) rings is 1. The van der Waals surface area contributed by atoms with Gasteiger partial charge in [-0.2, -0.15) is 0 Å². The molecule has 0 spiro atoms. The molecule has 0 bridgehead atoms. The van der Waals surface area contributed by atoms with Crippen molar-refractivity contribution >= 4 is 17.7 Å². The molecule has 5 heteroatoms. The molecular formula is C26H29NO4. The van der Waals surface area contributed by atoms with Gasteiger partial charge in [0.2, 0.25) is 5.91 Å². The summed E-state index contributed by atoms with van der Waals surface area (Å²) in [5.74, 6) is -1.61. The van der Waals surface area contributed by atoms with E-state index in [1.807, 2.05) is 65.6 Å². The fraction of sp³-hybridized carbons (Fsp3) is 0.423. The van der Waals surface area contributed by atoms with E-state index in [4.69, 9.17) is 4.74 Å². The number of hydrogen-bond acceptors (Lipinski definition) is 4. The second kappa shape index (κ2) is 8.66. The van der Waals surface area contributed by atoms with Crippen molar-refractivity contribution in [1.29, 1.82) is 0 Å². The van der Waals surface area contributed by atoms with Crippen molar-refractivity contribution in [3.63, 3.8) is 0 Å². The van der Waals surface area contributed by atoms with Crippen LogP contribution in [0.4, 0.5) is 0 Å². The highest BCUT2D eigenvalue weighted by atomic mass is 16.6. The number of amides is 1. The molecule has 0 radical (unpaired) electrons. The Hall–Kier alpha value is -2.95. The standard InChI is InChI=1S/C26H29NO4/c1-18(28)23-24(27(25(23)30)22-16-10-5-11-17-22)26(31-19(2)29,20-12-6-3-7-13-20)21-14-8-4-9-15-21/h3-4,6-9,12-15,22-24H,5,10-11,16-17H2,1-2H3/t23-,24+/m1/s1. The summed E-state index contributed by atoms with van der Waals surface area (Å²) in [4.78, 5) is 40.3. The predicted molar refractivity (Wildman–Crippen MR) is 117 cm³/mol. The van der Waals surface area contributed by atoms with Gasteiger partial charge in [-0.15, -0.1) is 0 Å². The molecule has 1 heterocycles. The lowest BCUT2D eigenvalue weighted by Gasteiger charge is -2.58. The normalized spacial score (nSPS) is 22.0. The molecule has 2 aromatic carbocycles. The molecule has 2 atom stereocenters. The summed E-state index contributed by atoms with van der Waals surface area (Å²) < 4.78 is 6.18. The van der Waals surface area contributed by atoms with E-state index in [-0.39, 0.29) is 17.7 Å². The summed E-state index contributed by atoms with van der Waals surface area (Å²) in [7, 11) is 0. The number of likely N-dealkylation sites (tertiary alicyclic amines) is 1. The highest BCUT2D eigenvalue weighted by Gasteiger charge is 2.64. The van der Waals surface area contributed by atoms with Gasteiger partial charge in [0.15, 0.2) is 5.60 Å². The molecule has 2 aliphatic rings. The van der Waals surface area contributed by atoms with Crippen LogP contribution in [-0.4, -0.2) is 34.6 Å². The molecule has 1 aliphatic heterocycles. The van der Waals surface area contributed by atoms with Gasteiger partial charge in [-0.05, 0) is 19.8 Å². The summed E-state index contributed by atoms with van der Waals surface area (Å²) in [6, 6.07) is 18.5. The molecule has 31 heavy (non-hydrogen) atoms. The van der Waals surface area contributed by atoms with Gasteiger partial charge in [0.05, 0.1) is 6.04 Å². The van der Waals surface area contributed by atoms with E-state index < -0.39 is 23.5 Å². The largest absolute Gasteiger partial charge is 0.447 e. The molecule has 4 rings (SSSR count).